The number of hydrogen-bond acceptors (Lipinski definition) is 3. The molecule has 0 N–H and O–H groups in total. The standard InChI is InChI=1S/C18H35N3/c1-17(2,3)14-9-19(10-14)13-21-15-7-8-16(21)12-20(11-15)18(4,5)6/h14-16H,7-13H2,1-6H3. The third-order valence-electron chi connectivity index (χ3n) is 6.13. The minimum absolute atomic E-state index is 0.334. The normalized spacial score (nSPS) is 33.4. The van der Waals surface area contributed by atoms with Gasteiger partial charge in [0.25, 0.3) is 0 Å². The van der Waals surface area contributed by atoms with Crippen LogP contribution in [0.15, 0.2) is 0 Å². The number of fused-ring (bicyclic) bond motifs is 2. The van der Waals surface area contributed by atoms with Crippen molar-refractivity contribution >= 4 is 0 Å². The molecule has 3 nitrogen and oxygen atoms in total. The quantitative estimate of drug-likeness (QED) is 0.775. The molecule has 2 unspecified atom stereocenters. The summed E-state index contributed by atoms with van der Waals surface area (Å²) in [7, 11) is 0. The van der Waals surface area contributed by atoms with Gasteiger partial charge in [0.15, 0.2) is 0 Å². The summed E-state index contributed by atoms with van der Waals surface area (Å²) in [5, 5.41) is 0. The van der Waals surface area contributed by atoms with Gasteiger partial charge in [-0.1, -0.05) is 20.8 Å². The largest absolute Gasteiger partial charge is 0.295 e. The summed E-state index contributed by atoms with van der Waals surface area (Å²) in [6.45, 7) is 20.7. The van der Waals surface area contributed by atoms with Crippen LogP contribution in [0.4, 0.5) is 0 Å². The summed E-state index contributed by atoms with van der Waals surface area (Å²) in [5.41, 5.74) is 0.821. The van der Waals surface area contributed by atoms with Gasteiger partial charge >= 0.3 is 0 Å². The maximum Gasteiger partial charge on any atom is 0.0512 e. The molecule has 2 atom stereocenters. The van der Waals surface area contributed by atoms with Crippen molar-refractivity contribution in [3.63, 3.8) is 0 Å². The van der Waals surface area contributed by atoms with Gasteiger partial charge < -0.3 is 0 Å². The molecule has 3 saturated heterocycles. The predicted octanol–water partition coefficient (Wildman–Crippen LogP) is 2.87. The van der Waals surface area contributed by atoms with Crippen molar-refractivity contribution in [2.75, 3.05) is 32.8 Å². The summed E-state index contributed by atoms with van der Waals surface area (Å²) in [5.74, 6) is 0.894. The lowest BCUT2D eigenvalue weighted by Gasteiger charge is -2.52. The molecule has 3 aliphatic rings. The molecule has 0 aromatic heterocycles. The van der Waals surface area contributed by atoms with Gasteiger partial charge in [-0.2, -0.15) is 0 Å². The monoisotopic (exact) mass is 293 g/mol. The Balaban J connectivity index is 1.53. The van der Waals surface area contributed by atoms with Crippen molar-refractivity contribution < 1.29 is 0 Å². The molecule has 3 fully saturated rings. The van der Waals surface area contributed by atoms with Crippen molar-refractivity contribution in [1.82, 2.24) is 14.7 Å². The van der Waals surface area contributed by atoms with Gasteiger partial charge in [-0.3, -0.25) is 14.7 Å². The van der Waals surface area contributed by atoms with Crippen LogP contribution in [0.3, 0.4) is 0 Å². The Labute approximate surface area is 131 Å². The summed E-state index contributed by atoms with van der Waals surface area (Å²) >= 11 is 0. The van der Waals surface area contributed by atoms with E-state index in [1.165, 1.54) is 45.7 Å². The van der Waals surface area contributed by atoms with E-state index in [1.807, 2.05) is 0 Å². The van der Waals surface area contributed by atoms with Crippen LogP contribution in [0.2, 0.25) is 0 Å². The van der Waals surface area contributed by atoms with Crippen LogP contribution in [-0.4, -0.2) is 65.2 Å². The number of rotatable bonds is 2. The van der Waals surface area contributed by atoms with Crippen LogP contribution >= 0.6 is 0 Å². The third kappa shape index (κ3) is 3.16. The highest BCUT2D eigenvalue weighted by Crippen LogP contribution is 2.37. The summed E-state index contributed by atoms with van der Waals surface area (Å²) in [4.78, 5) is 8.20. The summed E-state index contributed by atoms with van der Waals surface area (Å²) in [6, 6.07) is 1.60. The smallest absolute Gasteiger partial charge is 0.0512 e. The highest BCUT2D eigenvalue weighted by atomic mass is 15.4. The van der Waals surface area contributed by atoms with E-state index < -0.39 is 0 Å². The summed E-state index contributed by atoms with van der Waals surface area (Å²) < 4.78 is 0. The zero-order chi connectivity index (χ0) is 15.4. The lowest BCUT2D eigenvalue weighted by Crippen LogP contribution is -2.63. The van der Waals surface area contributed by atoms with Crippen molar-refractivity contribution in [2.45, 2.75) is 72.0 Å². The molecule has 122 valence electrons. The van der Waals surface area contributed by atoms with E-state index in [0.717, 1.165) is 18.0 Å². The van der Waals surface area contributed by atoms with Crippen LogP contribution in [-0.2, 0) is 0 Å². The number of likely N-dealkylation sites (tertiary alicyclic amines) is 2. The van der Waals surface area contributed by atoms with Crippen LogP contribution in [0.1, 0.15) is 54.4 Å². The fourth-order valence-electron chi connectivity index (χ4n) is 4.23. The Morgan fingerprint density at radius 3 is 1.76 bits per heavy atom. The number of hydrogen-bond donors (Lipinski definition) is 0. The molecular weight excluding hydrogens is 258 g/mol. The van der Waals surface area contributed by atoms with Gasteiger partial charge in [-0.15, -0.1) is 0 Å². The Bertz CT molecular complexity index is 359. The first-order valence-electron chi connectivity index (χ1n) is 8.88. The molecular formula is C18H35N3. The van der Waals surface area contributed by atoms with Crippen LogP contribution < -0.4 is 0 Å². The zero-order valence-electron chi connectivity index (χ0n) is 15.0. The molecule has 3 heterocycles. The minimum atomic E-state index is 0.334. The van der Waals surface area contributed by atoms with E-state index in [1.54, 1.807) is 0 Å². The Morgan fingerprint density at radius 2 is 1.33 bits per heavy atom. The first-order valence-corrected chi connectivity index (χ1v) is 8.88. The van der Waals surface area contributed by atoms with E-state index in [9.17, 15) is 0 Å². The Hall–Kier alpha value is -0.120. The zero-order valence-corrected chi connectivity index (χ0v) is 15.0. The maximum atomic E-state index is 2.82. The molecule has 3 heteroatoms. The second kappa shape index (κ2) is 5.21. The predicted molar refractivity (Wildman–Crippen MR) is 89.4 cm³/mol. The molecule has 0 radical (unpaired) electrons. The molecule has 21 heavy (non-hydrogen) atoms. The van der Waals surface area contributed by atoms with E-state index >= 15 is 0 Å². The Kier molecular flexibility index (Phi) is 3.91. The minimum Gasteiger partial charge on any atom is -0.295 e. The average Bonchev–Trinajstić information content (AvgIpc) is 2.51. The topological polar surface area (TPSA) is 9.72 Å². The first kappa shape index (κ1) is 15.8. The fourth-order valence-corrected chi connectivity index (χ4v) is 4.23. The molecule has 2 bridgehead atoms. The number of nitrogens with zero attached hydrogens (tertiary/aromatic N) is 3. The molecule has 0 amide bonds. The van der Waals surface area contributed by atoms with E-state index in [2.05, 4.69) is 56.2 Å². The molecule has 0 saturated carbocycles. The fraction of sp³-hybridized carbons (Fsp3) is 1.00. The molecule has 0 aromatic rings. The SMILES string of the molecule is CC(C)(C)C1CN(CN2C3CCC2CN(C(C)(C)C)C3)C1. The molecule has 0 aromatic carbocycles. The van der Waals surface area contributed by atoms with Crippen molar-refractivity contribution in [2.24, 2.45) is 11.3 Å². The average molecular weight is 293 g/mol. The lowest BCUT2D eigenvalue weighted by atomic mass is 9.76. The number of piperazine rings is 1. The molecule has 0 aliphatic carbocycles. The van der Waals surface area contributed by atoms with Crippen molar-refractivity contribution in [3.8, 4) is 0 Å². The third-order valence-corrected chi connectivity index (χ3v) is 6.13. The molecule has 3 rings (SSSR count). The van der Waals surface area contributed by atoms with Crippen molar-refractivity contribution in [3.05, 3.63) is 0 Å². The van der Waals surface area contributed by atoms with Crippen molar-refractivity contribution in [1.29, 1.82) is 0 Å². The van der Waals surface area contributed by atoms with Gasteiger partial charge in [0.2, 0.25) is 0 Å². The van der Waals surface area contributed by atoms with Gasteiger partial charge in [0.1, 0.15) is 0 Å². The van der Waals surface area contributed by atoms with Gasteiger partial charge in [-0.25, -0.2) is 0 Å². The van der Waals surface area contributed by atoms with Gasteiger partial charge in [0, 0.05) is 43.8 Å². The second-order valence-electron chi connectivity index (χ2n) is 9.72. The van der Waals surface area contributed by atoms with Gasteiger partial charge in [-0.05, 0) is 44.9 Å². The van der Waals surface area contributed by atoms with E-state index in [0.29, 0.717) is 11.0 Å². The Morgan fingerprint density at radius 1 is 0.810 bits per heavy atom. The van der Waals surface area contributed by atoms with E-state index in [-0.39, 0.29) is 0 Å². The van der Waals surface area contributed by atoms with Crippen LogP contribution in [0.5, 0.6) is 0 Å². The first-order chi connectivity index (χ1) is 9.64. The maximum absolute atomic E-state index is 2.82. The highest BCUT2D eigenvalue weighted by Gasteiger charge is 2.44. The second-order valence-corrected chi connectivity index (χ2v) is 9.72. The van der Waals surface area contributed by atoms with Crippen LogP contribution in [0, 0.1) is 11.3 Å². The molecule has 0 spiro atoms. The van der Waals surface area contributed by atoms with E-state index in [4.69, 9.17) is 0 Å². The highest BCUT2D eigenvalue weighted by molar-refractivity contribution is 4.99. The van der Waals surface area contributed by atoms with Gasteiger partial charge in [0.05, 0.1) is 6.67 Å². The lowest BCUT2D eigenvalue weighted by molar-refractivity contribution is -0.0581. The summed E-state index contributed by atoms with van der Waals surface area (Å²) in [6.07, 6.45) is 2.82. The van der Waals surface area contributed by atoms with Crippen LogP contribution in [0.25, 0.3) is 0 Å². The molecule has 3 aliphatic heterocycles.